The Bertz CT molecular complexity index is 383. The minimum Gasteiger partial charge on any atom is -0.369 e. The number of pyridine rings is 1. The van der Waals surface area contributed by atoms with Crippen LogP contribution in [0.2, 0.25) is 0 Å². The third-order valence-electron chi connectivity index (χ3n) is 1.88. The summed E-state index contributed by atoms with van der Waals surface area (Å²) >= 11 is 16.4. The molecule has 1 heterocycles. The second kappa shape index (κ2) is 5.73. The van der Waals surface area contributed by atoms with Crippen molar-refractivity contribution in [3.63, 3.8) is 0 Å². The van der Waals surface area contributed by atoms with Gasteiger partial charge in [-0.2, -0.15) is 0 Å². The number of alkyl halides is 3. The van der Waals surface area contributed by atoms with E-state index >= 15 is 0 Å². The quantitative estimate of drug-likeness (QED) is 0.650. The average molecular weight is 299 g/mol. The molecular weight excluding hydrogens is 288 g/mol. The predicted octanol–water partition coefficient (Wildman–Crippen LogP) is 2.23. The molecule has 8 heteroatoms. The number of nitrogens with zero attached hydrogens (tertiary/aromatic N) is 2. The molecule has 0 saturated carbocycles. The third-order valence-corrected chi connectivity index (χ3v) is 2.47. The summed E-state index contributed by atoms with van der Waals surface area (Å²) in [6.07, 6.45) is -0.0442. The predicted molar refractivity (Wildman–Crippen MR) is 67.3 cm³/mol. The fourth-order valence-electron chi connectivity index (χ4n) is 0.965. The summed E-state index contributed by atoms with van der Waals surface area (Å²) in [6.45, 7) is 0. The molecule has 2 amide bonds. The van der Waals surface area contributed by atoms with Gasteiger partial charge in [0.2, 0.25) is 3.79 Å². The Balaban J connectivity index is 2.65. The lowest BCUT2D eigenvalue weighted by Crippen LogP contribution is -2.46. The van der Waals surface area contributed by atoms with Gasteiger partial charge < -0.3 is 5.11 Å². The van der Waals surface area contributed by atoms with Crippen LogP contribution in [0, 0.1) is 0 Å². The number of carbonyl (C=O) groups excluding carboxylic acids is 1. The van der Waals surface area contributed by atoms with Gasteiger partial charge in [-0.25, -0.2) is 9.78 Å². The second-order valence-corrected chi connectivity index (χ2v) is 5.54. The number of hydrogen-bond donors (Lipinski definition) is 2. The van der Waals surface area contributed by atoms with Crippen LogP contribution in [0.5, 0.6) is 0 Å². The number of carbonyl (C=O) groups is 1. The number of aromatic nitrogens is 1. The highest BCUT2D eigenvalue weighted by Gasteiger charge is 2.36. The van der Waals surface area contributed by atoms with E-state index in [2.05, 4.69) is 10.3 Å². The van der Waals surface area contributed by atoms with Crippen LogP contribution < -0.4 is 5.32 Å². The SMILES string of the molecule is CN(C(=O)Nc1ccccn1)C(O)C(Cl)(Cl)Cl. The Kier molecular flexibility index (Phi) is 4.82. The minimum atomic E-state index is -1.98. The lowest BCUT2D eigenvalue weighted by molar-refractivity contribution is 0.0546. The van der Waals surface area contributed by atoms with Gasteiger partial charge in [-0.1, -0.05) is 40.9 Å². The van der Waals surface area contributed by atoms with E-state index in [0.717, 1.165) is 4.90 Å². The zero-order chi connectivity index (χ0) is 13.1. The molecular formula is C9H10Cl3N3O2. The van der Waals surface area contributed by atoms with Crippen LogP contribution in [0.1, 0.15) is 0 Å². The summed E-state index contributed by atoms with van der Waals surface area (Å²) in [4.78, 5) is 16.4. The summed E-state index contributed by atoms with van der Waals surface area (Å²) in [5.74, 6) is 0.334. The molecule has 17 heavy (non-hydrogen) atoms. The number of halogens is 3. The normalized spacial score (nSPS) is 13.0. The number of urea groups is 1. The van der Waals surface area contributed by atoms with E-state index in [9.17, 15) is 9.90 Å². The number of rotatable bonds is 2. The molecule has 1 aromatic heterocycles. The smallest absolute Gasteiger partial charge is 0.324 e. The van der Waals surface area contributed by atoms with Crippen LogP contribution in [0.15, 0.2) is 24.4 Å². The monoisotopic (exact) mass is 297 g/mol. The average Bonchev–Trinajstić information content (AvgIpc) is 2.27. The van der Waals surface area contributed by atoms with Crippen molar-refractivity contribution in [1.29, 1.82) is 0 Å². The molecule has 0 aromatic carbocycles. The van der Waals surface area contributed by atoms with Gasteiger partial charge >= 0.3 is 6.03 Å². The van der Waals surface area contributed by atoms with E-state index in [-0.39, 0.29) is 0 Å². The highest BCUT2D eigenvalue weighted by molar-refractivity contribution is 6.68. The topological polar surface area (TPSA) is 65.5 Å². The zero-order valence-electron chi connectivity index (χ0n) is 8.77. The van der Waals surface area contributed by atoms with Crippen molar-refractivity contribution < 1.29 is 9.90 Å². The summed E-state index contributed by atoms with van der Waals surface area (Å²) in [6, 6.07) is 4.36. The molecule has 5 nitrogen and oxygen atoms in total. The van der Waals surface area contributed by atoms with Gasteiger partial charge in [-0.3, -0.25) is 10.2 Å². The molecule has 0 aliphatic heterocycles. The van der Waals surface area contributed by atoms with Crippen LogP contribution in [0.25, 0.3) is 0 Å². The molecule has 1 unspecified atom stereocenters. The summed E-state index contributed by atoms with van der Waals surface area (Å²) in [5.41, 5.74) is 0. The molecule has 1 atom stereocenters. The van der Waals surface area contributed by atoms with E-state index < -0.39 is 16.1 Å². The van der Waals surface area contributed by atoms with E-state index in [1.807, 2.05) is 0 Å². The molecule has 0 bridgehead atoms. The Hall–Kier alpha value is -0.750. The number of nitrogens with one attached hydrogen (secondary N) is 1. The summed E-state index contributed by atoms with van der Waals surface area (Å²) < 4.78 is -1.98. The van der Waals surface area contributed by atoms with Crippen molar-refractivity contribution in [2.24, 2.45) is 0 Å². The largest absolute Gasteiger partial charge is 0.369 e. The number of hydrogen-bond acceptors (Lipinski definition) is 3. The molecule has 2 N–H and O–H groups in total. The molecule has 0 radical (unpaired) electrons. The van der Waals surface area contributed by atoms with E-state index in [4.69, 9.17) is 34.8 Å². The van der Waals surface area contributed by atoms with Crippen molar-refractivity contribution >= 4 is 46.7 Å². The first-order valence-corrected chi connectivity index (χ1v) is 5.65. The van der Waals surface area contributed by atoms with Crippen molar-refractivity contribution in [1.82, 2.24) is 9.88 Å². The maximum atomic E-state index is 11.6. The summed E-state index contributed by atoms with van der Waals surface area (Å²) in [5, 5.41) is 12.0. The van der Waals surface area contributed by atoms with Gasteiger partial charge in [-0.15, -0.1) is 0 Å². The Labute approximate surface area is 113 Å². The van der Waals surface area contributed by atoms with E-state index in [0.29, 0.717) is 5.82 Å². The van der Waals surface area contributed by atoms with Crippen LogP contribution in [-0.4, -0.2) is 38.1 Å². The van der Waals surface area contributed by atoms with Crippen LogP contribution >= 0.6 is 34.8 Å². The number of aliphatic hydroxyl groups is 1. The van der Waals surface area contributed by atoms with Crippen LogP contribution in [-0.2, 0) is 0 Å². The lowest BCUT2D eigenvalue weighted by Gasteiger charge is -2.28. The van der Waals surface area contributed by atoms with Gasteiger partial charge in [0.15, 0.2) is 6.23 Å². The van der Waals surface area contributed by atoms with Crippen molar-refractivity contribution in [2.45, 2.75) is 10.0 Å². The zero-order valence-corrected chi connectivity index (χ0v) is 11.0. The van der Waals surface area contributed by atoms with Crippen molar-refractivity contribution in [3.05, 3.63) is 24.4 Å². The van der Waals surface area contributed by atoms with Gasteiger partial charge in [0.05, 0.1) is 0 Å². The Morgan fingerprint density at radius 2 is 2.18 bits per heavy atom. The van der Waals surface area contributed by atoms with E-state index in [1.54, 1.807) is 18.2 Å². The third kappa shape index (κ3) is 4.20. The highest BCUT2D eigenvalue weighted by atomic mass is 35.6. The number of anilines is 1. The molecule has 94 valence electrons. The van der Waals surface area contributed by atoms with Gasteiger partial charge in [0, 0.05) is 13.2 Å². The van der Waals surface area contributed by atoms with Crippen LogP contribution in [0.4, 0.5) is 10.6 Å². The van der Waals surface area contributed by atoms with Gasteiger partial charge in [0.25, 0.3) is 0 Å². The Morgan fingerprint density at radius 1 is 1.53 bits per heavy atom. The fraction of sp³-hybridized carbons (Fsp3) is 0.333. The van der Waals surface area contributed by atoms with Gasteiger partial charge in [-0.05, 0) is 12.1 Å². The molecule has 0 fully saturated rings. The van der Waals surface area contributed by atoms with Crippen LogP contribution in [0.3, 0.4) is 0 Å². The highest BCUT2D eigenvalue weighted by Crippen LogP contribution is 2.31. The molecule has 0 aliphatic rings. The van der Waals surface area contributed by atoms with Crippen molar-refractivity contribution in [2.75, 3.05) is 12.4 Å². The standard InChI is InChI=1S/C9H10Cl3N3O2/c1-15(7(16)9(10,11)12)8(17)14-6-4-2-3-5-13-6/h2-5,7,16H,1H3,(H,13,14,17). The maximum absolute atomic E-state index is 11.6. The lowest BCUT2D eigenvalue weighted by atomic mass is 10.4. The molecule has 1 aromatic rings. The molecule has 0 spiro atoms. The fourth-order valence-corrected chi connectivity index (χ4v) is 1.40. The number of aliphatic hydroxyl groups excluding tert-OH is 1. The van der Waals surface area contributed by atoms with Gasteiger partial charge in [0.1, 0.15) is 5.82 Å². The maximum Gasteiger partial charge on any atom is 0.324 e. The van der Waals surface area contributed by atoms with E-state index in [1.165, 1.54) is 13.2 Å². The van der Waals surface area contributed by atoms with Crippen molar-refractivity contribution in [3.8, 4) is 0 Å². The molecule has 1 rings (SSSR count). The first-order chi connectivity index (χ1) is 7.82. The summed E-state index contributed by atoms with van der Waals surface area (Å²) in [7, 11) is 1.30. The number of amides is 2. The minimum absolute atomic E-state index is 0.334. The molecule has 0 saturated heterocycles. The Morgan fingerprint density at radius 3 is 2.65 bits per heavy atom. The second-order valence-electron chi connectivity index (χ2n) is 3.17. The molecule has 0 aliphatic carbocycles. The first-order valence-electron chi connectivity index (χ1n) is 4.52. The first kappa shape index (κ1) is 14.3.